The first-order valence-electron chi connectivity index (χ1n) is 7.00. The molecule has 3 atom stereocenters. The van der Waals surface area contributed by atoms with Crippen molar-refractivity contribution < 1.29 is 5.11 Å². The molecule has 2 aliphatic carbocycles. The SMILES string of the molecule is CC1CCC(C(C)C)C(NC2CC(O)C2)C1. The van der Waals surface area contributed by atoms with Gasteiger partial charge in [0.25, 0.3) is 0 Å². The largest absolute Gasteiger partial charge is 0.393 e. The second kappa shape index (κ2) is 5.05. The Hall–Kier alpha value is -0.0800. The number of hydrogen-bond donors (Lipinski definition) is 2. The summed E-state index contributed by atoms with van der Waals surface area (Å²) in [5, 5.41) is 13.1. The van der Waals surface area contributed by atoms with Crippen molar-refractivity contribution >= 4 is 0 Å². The third-order valence-corrected chi connectivity index (χ3v) is 4.59. The molecule has 2 saturated carbocycles. The van der Waals surface area contributed by atoms with E-state index in [0.717, 1.165) is 30.6 Å². The molecule has 0 heterocycles. The highest BCUT2D eigenvalue weighted by molar-refractivity contribution is 4.92. The fraction of sp³-hybridized carbons (Fsp3) is 1.00. The molecule has 0 aromatic heterocycles. The maximum absolute atomic E-state index is 9.33. The van der Waals surface area contributed by atoms with E-state index in [4.69, 9.17) is 0 Å². The molecule has 0 bridgehead atoms. The van der Waals surface area contributed by atoms with E-state index in [1.807, 2.05) is 0 Å². The molecule has 0 saturated heterocycles. The molecule has 3 unspecified atom stereocenters. The minimum Gasteiger partial charge on any atom is -0.393 e. The Kier molecular flexibility index (Phi) is 3.91. The van der Waals surface area contributed by atoms with Crippen molar-refractivity contribution in [1.29, 1.82) is 0 Å². The van der Waals surface area contributed by atoms with Crippen LogP contribution in [0.5, 0.6) is 0 Å². The monoisotopic (exact) mass is 225 g/mol. The van der Waals surface area contributed by atoms with Crippen molar-refractivity contribution in [3.8, 4) is 0 Å². The van der Waals surface area contributed by atoms with E-state index < -0.39 is 0 Å². The van der Waals surface area contributed by atoms with Crippen LogP contribution in [-0.2, 0) is 0 Å². The van der Waals surface area contributed by atoms with Gasteiger partial charge in [-0.05, 0) is 43.4 Å². The van der Waals surface area contributed by atoms with Crippen LogP contribution in [0.15, 0.2) is 0 Å². The van der Waals surface area contributed by atoms with Gasteiger partial charge >= 0.3 is 0 Å². The van der Waals surface area contributed by atoms with E-state index in [0.29, 0.717) is 12.1 Å². The smallest absolute Gasteiger partial charge is 0.0570 e. The van der Waals surface area contributed by atoms with E-state index in [1.54, 1.807) is 0 Å². The van der Waals surface area contributed by atoms with Gasteiger partial charge in [0, 0.05) is 12.1 Å². The molecule has 2 heteroatoms. The van der Waals surface area contributed by atoms with Crippen molar-refractivity contribution in [3.05, 3.63) is 0 Å². The van der Waals surface area contributed by atoms with Crippen molar-refractivity contribution in [2.45, 2.75) is 71.1 Å². The quantitative estimate of drug-likeness (QED) is 0.773. The molecule has 2 rings (SSSR count). The molecule has 0 radical (unpaired) electrons. The Morgan fingerprint density at radius 1 is 1.12 bits per heavy atom. The zero-order chi connectivity index (χ0) is 11.7. The lowest BCUT2D eigenvalue weighted by Crippen LogP contribution is -2.53. The zero-order valence-corrected chi connectivity index (χ0v) is 10.9. The van der Waals surface area contributed by atoms with E-state index in [2.05, 4.69) is 26.1 Å². The van der Waals surface area contributed by atoms with Crippen molar-refractivity contribution in [2.24, 2.45) is 17.8 Å². The first-order chi connectivity index (χ1) is 7.56. The van der Waals surface area contributed by atoms with Crippen LogP contribution >= 0.6 is 0 Å². The second-order valence-electron chi connectivity index (χ2n) is 6.42. The summed E-state index contributed by atoms with van der Waals surface area (Å²) in [6, 6.07) is 1.28. The first-order valence-corrected chi connectivity index (χ1v) is 7.00. The lowest BCUT2D eigenvalue weighted by Gasteiger charge is -2.43. The maximum Gasteiger partial charge on any atom is 0.0570 e. The van der Waals surface area contributed by atoms with Gasteiger partial charge in [-0.1, -0.05) is 27.2 Å². The summed E-state index contributed by atoms with van der Waals surface area (Å²) in [5.74, 6) is 2.50. The van der Waals surface area contributed by atoms with Gasteiger partial charge in [-0.2, -0.15) is 0 Å². The van der Waals surface area contributed by atoms with Crippen molar-refractivity contribution in [3.63, 3.8) is 0 Å². The average molecular weight is 225 g/mol. The standard InChI is InChI=1S/C14H27NO/c1-9(2)13-5-4-10(3)6-14(13)15-11-7-12(16)8-11/h9-16H,4-8H2,1-3H3. The number of aliphatic hydroxyl groups excluding tert-OH is 1. The molecule has 16 heavy (non-hydrogen) atoms. The van der Waals surface area contributed by atoms with Gasteiger partial charge in [-0.25, -0.2) is 0 Å². The summed E-state index contributed by atoms with van der Waals surface area (Å²) in [5.41, 5.74) is 0. The average Bonchev–Trinajstić information content (AvgIpc) is 2.15. The lowest BCUT2D eigenvalue weighted by molar-refractivity contribution is 0.0433. The van der Waals surface area contributed by atoms with Crippen LogP contribution in [0.2, 0.25) is 0 Å². The fourth-order valence-corrected chi connectivity index (χ4v) is 3.42. The van der Waals surface area contributed by atoms with Crippen LogP contribution in [0.25, 0.3) is 0 Å². The Labute approximate surface area is 99.8 Å². The molecule has 0 aliphatic heterocycles. The van der Waals surface area contributed by atoms with Crippen molar-refractivity contribution in [1.82, 2.24) is 5.32 Å². The van der Waals surface area contributed by atoms with Crippen LogP contribution in [0, 0.1) is 17.8 Å². The molecule has 2 nitrogen and oxygen atoms in total. The summed E-state index contributed by atoms with van der Waals surface area (Å²) in [4.78, 5) is 0. The van der Waals surface area contributed by atoms with Crippen LogP contribution in [0.4, 0.5) is 0 Å². The van der Waals surface area contributed by atoms with Crippen LogP contribution in [-0.4, -0.2) is 23.3 Å². The molecule has 94 valence electrons. The predicted octanol–water partition coefficient (Wildman–Crippen LogP) is 2.56. The Bertz CT molecular complexity index is 223. The predicted molar refractivity (Wildman–Crippen MR) is 67.3 cm³/mol. The third-order valence-electron chi connectivity index (χ3n) is 4.59. The summed E-state index contributed by atoms with van der Waals surface area (Å²) >= 11 is 0. The molecular formula is C14H27NO. The van der Waals surface area contributed by atoms with E-state index in [9.17, 15) is 5.11 Å². The summed E-state index contributed by atoms with van der Waals surface area (Å²) in [6.07, 6.45) is 6.01. The van der Waals surface area contributed by atoms with E-state index >= 15 is 0 Å². The number of hydrogen-bond acceptors (Lipinski definition) is 2. The molecule has 2 N–H and O–H groups in total. The molecule has 0 spiro atoms. The topological polar surface area (TPSA) is 32.3 Å². The van der Waals surface area contributed by atoms with Gasteiger partial charge in [0.2, 0.25) is 0 Å². The fourth-order valence-electron chi connectivity index (χ4n) is 3.42. The molecule has 2 fully saturated rings. The molecule has 0 amide bonds. The van der Waals surface area contributed by atoms with E-state index in [-0.39, 0.29) is 6.10 Å². The minimum absolute atomic E-state index is 0.0315. The van der Waals surface area contributed by atoms with Gasteiger partial charge in [0.05, 0.1) is 6.10 Å². The lowest BCUT2D eigenvalue weighted by atomic mass is 9.73. The maximum atomic E-state index is 9.33. The summed E-state index contributed by atoms with van der Waals surface area (Å²) in [7, 11) is 0. The van der Waals surface area contributed by atoms with Gasteiger partial charge in [-0.15, -0.1) is 0 Å². The van der Waals surface area contributed by atoms with E-state index in [1.165, 1.54) is 19.3 Å². The van der Waals surface area contributed by atoms with Gasteiger partial charge in [0.1, 0.15) is 0 Å². The highest BCUT2D eigenvalue weighted by Crippen LogP contribution is 2.35. The van der Waals surface area contributed by atoms with Gasteiger partial charge < -0.3 is 10.4 Å². The number of rotatable bonds is 3. The third kappa shape index (κ3) is 2.78. The Balaban J connectivity index is 1.87. The molecular weight excluding hydrogens is 198 g/mol. The van der Waals surface area contributed by atoms with Gasteiger partial charge in [-0.3, -0.25) is 0 Å². The highest BCUT2D eigenvalue weighted by atomic mass is 16.3. The summed E-state index contributed by atoms with van der Waals surface area (Å²) < 4.78 is 0. The Morgan fingerprint density at radius 3 is 2.38 bits per heavy atom. The zero-order valence-electron chi connectivity index (χ0n) is 10.9. The van der Waals surface area contributed by atoms with Crippen molar-refractivity contribution in [2.75, 3.05) is 0 Å². The van der Waals surface area contributed by atoms with Crippen LogP contribution in [0.3, 0.4) is 0 Å². The number of aliphatic hydroxyl groups is 1. The second-order valence-corrected chi connectivity index (χ2v) is 6.42. The first kappa shape index (κ1) is 12.4. The highest BCUT2D eigenvalue weighted by Gasteiger charge is 2.35. The van der Waals surface area contributed by atoms with Gasteiger partial charge in [0.15, 0.2) is 0 Å². The summed E-state index contributed by atoms with van der Waals surface area (Å²) in [6.45, 7) is 7.08. The van der Waals surface area contributed by atoms with Crippen LogP contribution < -0.4 is 5.32 Å². The van der Waals surface area contributed by atoms with Crippen LogP contribution in [0.1, 0.15) is 52.9 Å². The molecule has 0 aromatic rings. The number of nitrogens with one attached hydrogen (secondary N) is 1. The Morgan fingerprint density at radius 2 is 1.81 bits per heavy atom. The normalized spacial score (nSPS) is 44.4. The molecule has 0 aromatic carbocycles. The minimum atomic E-state index is -0.0315. The molecule has 2 aliphatic rings.